The van der Waals surface area contributed by atoms with Crippen LogP contribution in [0.15, 0.2) is 180 Å². The number of allylic oxidation sites excluding steroid dienone is 3. The van der Waals surface area contributed by atoms with Gasteiger partial charge in [-0.25, -0.2) is 9.97 Å². The zero-order valence-corrected chi connectivity index (χ0v) is 31.9. The summed E-state index contributed by atoms with van der Waals surface area (Å²) < 4.78 is 4.72. The van der Waals surface area contributed by atoms with Crippen LogP contribution in [-0.2, 0) is 5.41 Å². The number of pyridine rings is 4. The summed E-state index contributed by atoms with van der Waals surface area (Å²) in [6.45, 7) is 6.09. The van der Waals surface area contributed by atoms with Gasteiger partial charge in [-0.15, -0.1) is 0 Å². The van der Waals surface area contributed by atoms with Gasteiger partial charge in [0.15, 0.2) is 0 Å². The number of fused-ring (bicyclic) bond motifs is 3. The van der Waals surface area contributed by atoms with Crippen LogP contribution < -0.4 is 0 Å². The van der Waals surface area contributed by atoms with E-state index in [0.29, 0.717) is 0 Å². The zero-order chi connectivity index (χ0) is 36.5. The Morgan fingerprint density at radius 3 is 1.91 bits per heavy atom. The van der Waals surface area contributed by atoms with Crippen molar-refractivity contribution < 1.29 is 0 Å². The topological polar surface area (TPSA) is 51.6 Å². The van der Waals surface area contributed by atoms with E-state index >= 15 is 0 Å². The number of aromatic nitrogens is 4. The molecule has 9 rings (SSSR count). The van der Waals surface area contributed by atoms with E-state index in [1.165, 1.54) is 22.3 Å². The molecule has 0 bridgehead atoms. The van der Waals surface area contributed by atoms with Crippen LogP contribution >= 0.6 is 20.7 Å². The predicted molar refractivity (Wildman–Crippen MR) is 234 cm³/mol. The van der Waals surface area contributed by atoms with Crippen LogP contribution in [0.2, 0.25) is 0 Å². The third-order valence-electron chi connectivity index (χ3n) is 10.3. The van der Waals surface area contributed by atoms with E-state index in [4.69, 9.17) is 9.97 Å². The van der Waals surface area contributed by atoms with Crippen LogP contribution in [0.3, 0.4) is 0 Å². The van der Waals surface area contributed by atoms with Gasteiger partial charge in [0, 0.05) is 39.9 Å². The number of rotatable bonds is 8. The maximum atomic E-state index is 5.15. The lowest BCUT2D eigenvalue weighted by molar-refractivity contribution is 0.745. The third kappa shape index (κ3) is 5.91. The monoisotopic (exact) mass is 806 g/mol. The van der Waals surface area contributed by atoms with Crippen molar-refractivity contribution in [2.24, 2.45) is 0 Å². The van der Waals surface area contributed by atoms with Crippen LogP contribution in [0.5, 0.6) is 0 Å². The number of benzene rings is 4. The highest BCUT2D eigenvalue weighted by Crippen LogP contribution is 2.47. The highest BCUT2D eigenvalue weighted by molar-refractivity contribution is 14.2. The van der Waals surface area contributed by atoms with Crippen molar-refractivity contribution in [3.05, 3.63) is 208 Å². The average molecular weight is 807 g/mol. The van der Waals surface area contributed by atoms with Gasteiger partial charge in [0.1, 0.15) is 0 Å². The number of halogens is 1. The normalized spacial score (nSPS) is 13.6. The Hall–Kier alpha value is -6.18. The maximum Gasteiger partial charge on any atom is 0.0972 e. The second-order valence-corrected chi connectivity index (χ2v) is 15.5. The second kappa shape index (κ2) is 14.3. The molecular weight excluding hydrogens is 771 g/mol. The molecule has 54 heavy (non-hydrogen) atoms. The molecule has 258 valence electrons. The molecule has 4 nitrogen and oxygen atoms in total. The fourth-order valence-corrected chi connectivity index (χ4v) is 9.05. The number of hydrogen-bond acceptors (Lipinski definition) is 4. The number of nitrogens with zero attached hydrogens (tertiary/aromatic N) is 4. The first-order chi connectivity index (χ1) is 26.6. The van der Waals surface area contributed by atoms with Gasteiger partial charge in [-0.1, -0.05) is 161 Å². The molecule has 1 unspecified atom stereocenters. The largest absolute Gasteiger partial charge is 0.254 e. The van der Waals surface area contributed by atoms with Crippen LogP contribution in [-0.4, -0.2) is 23.9 Å². The van der Waals surface area contributed by atoms with E-state index in [-0.39, 0.29) is 20.7 Å². The Morgan fingerprint density at radius 1 is 0.574 bits per heavy atom. The van der Waals surface area contributed by atoms with Gasteiger partial charge in [0.25, 0.3) is 0 Å². The van der Waals surface area contributed by atoms with E-state index in [1.54, 1.807) is 0 Å². The average Bonchev–Trinajstić information content (AvgIpc) is 3.25. The molecule has 5 heteroatoms. The SMILES string of the molecule is C=Cc1cccnc1-c1nc(-c2ccc(C(C3=CC=IC=C3)(c3ccccc3)c3ccc(-c4ccc5ccc6cccnc6c5n4)cc3)cc2)ccc1C. The Balaban J connectivity index is 1.17. The summed E-state index contributed by atoms with van der Waals surface area (Å²) in [7, 11) is 0. The Kier molecular flexibility index (Phi) is 8.93. The van der Waals surface area contributed by atoms with Crippen molar-refractivity contribution in [1.82, 2.24) is 19.9 Å². The molecule has 0 saturated heterocycles. The standard InChI is InChI=1S/C49H35IN4/c1-3-34-9-7-31-51-46(34)45-33(2)13-25-43(53-45)35-16-21-40(22-17-35)49(39-11-5-4-6-12-39,42-27-29-50-30-28-42)41-23-18-36(19-24-41)44-26-20-38-15-14-37-10-8-32-52-47(37)48(38)54-44/h3-32H,1H2,2H3. The third-order valence-corrected chi connectivity index (χ3v) is 11.9. The van der Waals surface area contributed by atoms with Gasteiger partial charge in [-0.05, 0) is 67.1 Å². The predicted octanol–water partition coefficient (Wildman–Crippen LogP) is 12.1. The molecule has 4 aromatic heterocycles. The molecule has 0 N–H and O–H groups in total. The number of aryl methyl sites for hydroxylation is 1. The van der Waals surface area contributed by atoms with E-state index in [9.17, 15) is 0 Å². The first kappa shape index (κ1) is 33.6. The molecule has 4 aromatic carbocycles. The van der Waals surface area contributed by atoms with E-state index in [0.717, 1.165) is 66.8 Å². The summed E-state index contributed by atoms with van der Waals surface area (Å²) in [5.41, 5.74) is 13.8. The van der Waals surface area contributed by atoms with Gasteiger partial charge in [0.2, 0.25) is 0 Å². The molecule has 0 amide bonds. The smallest absolute Gasteiger partial charge is 0.0972 e. The van der Waals surface area contributed by atoms with Gasteiger partial charge in [-0.3, -0.25) is 9.97 Å². The maximum absolute atomic E-state index is 5.15. The minimum Gasteiger partial charge on any atom is -0.254 e. The van der Waals surface area contributed by atoms with E-state index in [2.05, 4.69) is 165 Å². The fraction of sp³-hybridized carbons (Fsp3) is 0.0408. The molecule has 0 spiro atoms. The minimum absolute atomic E-state index is 0.116. The van der Waals surface area contributed by atoms with Crippen LogP contribution in [0.4, 0.5) is 0 Å². The van der Waals surface area contributed by atoms with Crippen molar-refractivity contribution >= 4 is 52.6 Å². The van der Waals surface area contributed by atoms with Gasteiger partial charge >= 0.3 is 0 Å². The molecule has 0 fully saturated rings. The summed E-state index contributed by atoms with van der Waals surface area (Å²) in [6, 6.07) is 49.5. The van der Waals surface area contributed by atoms with Crippen LogP contribution in [0, 0.1) is 6.92 Å². The summed E-state index contributed by atoms with van der Waals surface area (Å²) in [4.78, 5) is 19.7. The van der Waals surface area contributed by atoms with E-state index in [1.807, 2.05) is 36.7 Å². The van der Waals surface area contributed by atoms with Crippen LogP contribution in [0.25, 0.3) is 61.8 Å². The van der Waals surface area contributed by atoms with Crippen molar-refractivity contribution in [3.63, 3.8) is 0 Å². The molecule has 5 heterocycles. The van der Waals surface area contributed by atoms with E-state index < -0.39 is 5.41 Å². The number of hydrogen-bond donors (Lipinski definition) is 0. The second-order valence-electron chi connectivity index (χ2n) is 13.4. The van der Waals surface area contributed by atoms with Gasteiger partial charge in [0.05, 0.1) is 39.2 Å². The zero-order valence-electron chi connectivity index (χ0n) is 29.7. The highest BCUT2D eigenvalue weighted by atomic mass is 127. The molecule has 1 aliphatic heterocycles. The summed E-state index contributed by atoms with van der Waals surface area (Å²) in [6.07, 6.45) is 10.2. The molecule has 0 saturated carbocycles. The Labute approximate surface area is 325 Å². The quantitative estimate of drug-likeness (QED) is 0.0872. The Bertz CT molecular complexity index is 2780. The summed E-state index contributed by atoms with van der Waals surface area (Å²) in [5, 5.41) is 2.17. The molecule has 8 aromatic rings. The Morgan fingerprint density at radius 2 is 1.20 bits per heavy atom. The lowest BCUT2D eigenvalue weighted by atomic mass is 9.64. The molecule has 0 radical (unpaired) electrons. The summed E-state index contributed by atoms with van der Waals surface area (Å²) >= 11 is -0.116. The van der Waals surface area contributed by atoms with Gasteiger partial charge in [-0.2, -0.15) is 0 Å². The van der Waals surface area contributed by atoms with Crippen molar-refractivity contribution in [2.45, 2.75) is 12.3 Å². The molecule has 1 atom stereocenters. The van der Waals surface area contributed by atoms with Crippen LogP contribution in [0.1, 0.15) is 27.8 Å². The summed E-state index contributed by atoms with van der Waals surface area (Å²) in [5.74, 6) is 0. The first-order valence-corrected chi connectivity index (χ1v) is 20.4. The van der Waals surface area contributed by atoms with Crippen molar-refractivity contribution in [3.8, 4) is 33.9 Å². The lowest BCUT2D eigenvalue weighted by Crippen LogP contribution is -2.31. The molecule has 1 aliphatic rings. The van der Waals surface area contributed by atoms with Crippen molar-refractivity contribution in [1.29, 1.82) is 0 Å². The molecule has 0 aliphatic carbocycles. The highest BCUT2D eigenvalue weighted by Gasteiger charge is 2.39. The fourth-order valence-electron chi connectivity index (χ4n) is 7.62. The lowest BCUT2D eigenvalue weighted by Gasteiger charge is -2.38. The van der Waals surface area contributed by atoms with Gasteiger partial charge < -0.3 is 0 Å². The first-order valence-electron chi connectivity index (χ1n) is 17.9. The molecular formula is C49H35IN4. The minimum atomic E-state index is -0.564. The van der Waals surface area contributed by atoms with Crippen molar-refractivity contribution in [2.75, 3.05) is 0 Å².